The zero-order valence-electron chi connectivity index (χ0n) is 19.8. The van der Waals surface area contributed by atoms with E-state index in [1.54, 1.807) is 18.3 Å². The summed E-state index contributed by atoms with van der Waals surface area (Å²) in [5.74, 6) is -1.47. The van der Waals surface area contributed by atoms with Crippen LogP contribution in [-0.4, -0.2) is 53.7 Å². The van der Waals surface area contributed by atoms with Gasteiger partial charge in [-0.1, -0.05) is 17.7 Å². The number of hydrogen-bond donors (Lipinski definition) is 3. The highest BCUT2D eigenvalue weighted by atomic mass is 35.5. The Hall–Kier alpha value is -3.41. The maximum atomic E-state index is 12.5. The first-order chi connectivity index (χ1) is 17.3. The summed E-state index contributed by atoms with van der Waals surface area (Å²) in [7, 11) is 0. The summed E-state index contributed by atoms with van der Waals surface area (Å²) in [5, 5.41) is 9.51. The Kier molecular flexibility index (Phi) is 9.86. The molecule has 4 N–H and O–H groups in total. The molecule has 1 aliphatic rings. The number of fused-ring (bicyclic) bond motifs is 1. The average Bonchev–Trinajstić information content (AvgIpc) is 2.86. The molecule has 0 unspecified atom stereocenters. The number of rotatable bonds is 13. The van der Waals surface area contributed by atoms with Crippen LogP contribution in [0.15, 0.2) is 36.5 Å². The number of anilines is 1. The van der Waals surface area contributed by atoms with Crippen molar-refractivity contribution in [1.82, 2.24) is 10.5 Å². The number of ether oxygens (including phenoxy) is 2. The molecule has 0 fully saturated rings. The van der Waals surface area contributed by atoms with Crippen molar-refractivity contribution in [2.24, 2.45) is 5.73 Å². The lowest BCUT2D eigenvalue weighted by atomic mass is 10.1. The number of aromatic nitrogens is 1. The molecular formula is C24H29ClN4O7. The van der Waals surface area contributed by atoms with E-state index in [-0.39, 0.29) is 43.0 Å². The molecule has 11 nitrogen and oxygen atoms in total. The van der Waals surface area contributed by atoms with Crippen molar-refractivity contribution >= 4 is 35.1 Å². The summed E-state index contributed by atoms with van der Waals surface area (Å²) < 4.78 is 11.5. The number of carboxylic acids is 1. The average molecular weight is 521 g/mol. The fourth-order valence-electron chi connectivity index (χ4n) is 3.52. The third-order valence-electron chi connectivity index (χ3n) is 5.46. The molecule has 0 radical (unpaired) electrons. The number of amides is 1. The molecule has 2 heterocycles. The van der Waals surface area contributed by atoms with Gasteiger partial charge >= 0.3 is 11.9 Å². The first kappa shape index (κ1) is 27.2. The second kappa shape index (κ2) is 13.1. The SMILES string of the molecule is C[C@@H](Oc1cc2c(cc1Cl)N(CCC(=O)ON[C@@H](CCCCN)C(=O)O)C(=O)CO2)c1ccccn1. The van der Waals surface area contributed by atoms with Crippen LogP contribution in [-0.2, 0) is 19.2 Å². The number of unbranched alkanes of at least 4 members (excludes halogenated alkanes) is 1. The summed E-state index contributed by atoms with van der Waals surface area (Å²) in [6.45, 7) is 2.05. The van der Waals surface area contributed by atoms with Gasteiger partial charge in [-0.05, 0) is 50.9 Å². The molecule has 1 amide bonds. The summed E-state index contributed by atoms with van der Waals surface area (Å²) in [5.41, 5.74) is 8.81. The minimum absolute atomic E-state index is 0.0124. The van der Waals surface area contributed by atoms with Crippen LogP contribution in [0.4, 0.5) is 5.69 Å². The Bertz CT molecular complexity index is 1070. The molecule has 0 aliphatic carbocycles. The van der Waals surface area contributed by atoms with Crippen molar-refractivity contribution in [1.29, 1.82) is 0 Å². The lowest BCUT2D eigenvalue weighted by Crippen LogP contribution is -2.41. The molecule has 1 aromatic heterocycles. The third kappa shape index (κ3) is 7.30. The highest BCUT2D eigenvalue weighted by Gasteiger charge is 2.28. The number of carbonyl (C=O) groups excluding carboxylic acids is 2. The fraction of sp³-hybridized carbons (Fsp3) is 0.417. The van der Waals surface area contributed by atoms with Gasteiger partial charge in [-0.15, -0.1) is 5.48 Å². The highest BCUT2D eigenvalue weighted by molar-refractivity contribution is 6.32. The predicted octanol–water partition coefficient (Wildman–Crippen LogP) is 2.62. The van der Waals surface area contributed by atoms with Gasteiger partial charge in [0.15, 0.2) is 6.61 Å². The van der Waals surface area contributed by atoms with Crippen LogP contribution < -0.4 is 25.6 Å². The van der Waals surface area contributed by atoms with E-state index < -0.39 is 18.0 Å². The van der Waals surface area contributed by atoms with Crippen LogP contribution >= 0.6 is 11.6 Å². The molecule has 0 saturated carbocycles. The van der Waals surface area contributed by atoms with Crippen LogP contribution in [0.1, 0.15) is 44.4 Å². The fourth-order valence-corrected chi connectivity index (χ4v) is 3.72. The smallest absolute Gasteiger partial charge is 0.326 e. The second-order valence-electron chi connectivity index (χ2n) is 8.12. The largest absolute Gasteiger partial charge is 0.483 e. The Morgan fingerprint density at radius 2 is 2.14 bits per heavy atom. The van der Waals surface area contributed by atoms with E-state index in [1.807, 2.05) is 19.1 Å². The van der Waals surface area contributed by atoms with E-state index in [4.69, 9.17) is 31.6 Å². The number of halogens is 1. The van der Waals surface area contributed by atoms with Crippen LogP contribution in [0.2, 0.25) is 5.02 Å². The number of hydroxylamine groups is 1. The monoisotopic (exact) mass is 520 g/mol. The number of aliphatic carboxylic acids is 1. The first-order valence-corrected chi connectivity index (χ1v) is 11.9. The van der Waals surface area contributed by atoms with E-state index >= 15 is 0 Å². The number of nitrogens with zero attached hydrogens (tertiary/aromatic N) is 2. The molecule has 12 heteroatoms. The molecule has 2 aromatic rings. The van der Waals surface area contributed by atoms with Crippen molar-refractivity contribution in [2.75, 3.05) is 24.6 Å². The number of nitrogens with one attached hydrogen (secondary N) is 1. The van der Waals surface area contributed by atoms with Gasteiger partial charge in [-0.25, -0.2) is 0 Å². The number of carbonyl (C=O) groups is 3. The Balaban J connectivity index is 1.61. The molecular weight excluding hydrogens is 492 g/mol. The van der Waals surface area contributed by atoms with E-state index in [0.717, 1.165) is 5.69 Å². The molecule has 2 atom stereocenters. The predicted molar refractivity (Wildman–Crippen MR) is 131 cm³/mol. The van der Waals surface area contributed by atoms with Crippen molar-refractivity contribution in [3.63, 3.8) is 0 Å². The maximum absolute atomic E-state index is 12.5. The topological polar surface area (TPSA) is 153 Å². The summed E-state index contributed by atoms with van der Waals surface area (Å²) in [6, 6.07) is 7.58. The van der Waals surface area contributed by atoms with Crippen molar-refractivity contribution in [2.45, 2.75) is 44.8 Å². The quantitative estimate of drug-likeness (QED) is 0.265. The van der Waals surface area contributed by atoms with Gasteiger partial charge in [0.25, 0.3) is 5.91 Å². The molecule has 0 bridgehead atoms. The lowest BCUT2D eigenvalue weighted by molar-refractivity contribution is -0.158. The zero-order valence-corrected chi connectivity index (χ0v) is 20.6. The summed E-state index contributed by atoms with van der Waals surface area (Å²) >= 11 is 6.43. The number of nitrogens with two attached hydrogens (primary N) is 1. The standard InChI is InChI=1S/C24H29ClN4O7/c1-15(17-6-3-5-10-27-17)35-20-13-21-19(12-16(20)25)29(22(30)14-34-21)11-8-23(31)36-28-18(24(32)33)7-2-4-9-26/h3,5-6,10,12-13,15,18,28H,2,4,7-9,11,14,26H2,1H3,(H,32,33)/t15-,18+/m1/s1. The highest BCUT2D eigenvalue weighted by Crippen LogP contribution is 2.41. The van der Waals surface area contributed by atoms with E-state index in [2.05, 4.69) is 10.5 Å². The number of benzene rings is 1. The molecule has 3 rings (SSSR count). The number of hydrogen-bond acceptors (Lipinski definition) is 9. The summed E-state index contributed by atoms with van der Waals surface area (Å²) in [4.78, 5) is 46.6. The first-order valence-electron chi connectivity index (χ1n) is 11.5. The summed E-state index contributed by atoms with van der Waals surface area (Å²) in [6.07, 6.45) is 2.60. The lowest BCUT2D eigenvalue weighted by Gasteiger charge is -2.30. The van der Waals surface area contributed by atoms with Gasteiger partial charge in [0, 0.05) is 18.8 Å². The van der Waals surface area contributed by atoms with Crippen molar-refractivity contribution in [3.8, 4) is 11.5 Å². The minimum Gasteiger partial charge on any atom is -0.483 e. The van der Waals surface area contributed by atoms with E-state index in [9.17, 15) is 19.5 Å². The molecule has 1 aliphatic heterocycles. The van der Waals surface area contributed by atoms with Gasteiger partial charge in [0.1, 0.15) is 23.6 Å². The number of carboxylic acid groups (broad SMARTS) is 1. The molecule has 0 saturated heterocycles. The molecule has 194 valence electrons. The van der Waals surface area contributed by atoms with E-state index in [0.29, 0.717) is 36.6 Å². The van der Waals surface area contributed by atoms with Crippen LogP contribution in [0.25, 0.3) is 0 Å². The van der Waals surface area contributed by atoms with Crippen molar-refractivity contribution in [3.05, 3.63) is 47.2 Å². The zero-order chi connectivity index (χ0) is 26.1. The Morgan fingerprint density at radius 1 is 1.33 bits per heavy atom. The number of pyridine rings is 1. The molecule has 1 aromatic carbocycles. The molecule has 0 spiro atoms. The van der Waals surface area contributed by atoms with Crippen LogP contribution in [0.5, 0.6) is 11.5 Å². The van der Waals surface area contributed by atoms with Gasteiger partial charge in [0.05, 0.1) is 22.8 Å². The van der Waals surface area contributed by atoms with Gasteiger partial charge in [-0.3, -0.25) is 19.4 Å². The van der Waals surface area contributed by atoms with E-state index in [1.165, 1.54) is 11.0 Å². The molecule has 36 heavy (non-hydrogen) atoms. The third-order valence-corrected chi connectivity index (χ3v) is 5.76. The second-order valence-corrected chi connectivity index (χ2v) is 8.52. The minimum atomic E-state index is -1.14. The van der Waals surface area contributed by atoms with Gasteiger partial charge < -0.3 is 30.1 Å². The van der Waals surface area contributed by atoms with Gasteiger partial charge in [0.2, 0.25) is 0 Å². The maximum Gasteiger partial charge on any atom is 0.326 e. The van der Waals surface area contributed by atoms with Crippen LogP contribution in [0, 0.1) is 0 Å². The normalized spacial score (nSPS) is 14.4. The van der Waals surface area contributed by atoms with Gasteiger partial charge in [-0.2, -0.15) is 0 Å². The Morgan fingerprint density at radius 3 is 2.83 bits per heavy atom. The Labute approximate surface area is 213 Å². The van der Waals surface area contributed by atoms with Crippen LogP contribution in [0.3, 0.4) is 0 Å². The van der Waals surface area contributed by atoms with Crippen molar-refractivity contribution < 1.29 is 33.8 Å².